The molecule has 1 atom stereocenters. The van der Waals surface area contributed by atoms with Crippen LogP contribution in [0.2, 0.25) is 0 Å². The average Bonchev–Trinajstić information content (AvgIpc) is 2.43. The minimum atomic E-state index is -4.81. The number of halogens is 4. The first kappa shape index (κ1) is 19.4. The fraction of sp³-hybridized carbons (Fsp3) is 0.562. The van der Waals surface area contributed by atoms with Gasteiger partial charge in [-0.15, -0.1) is 0 Å². The number of alkyl halides is 3. The van der Waals surface area contributed by atoms with Crippen LogP contribution in [0.1, 0.15) is 42.6 Å². The zero-order valence-electron chi connectivity index (χ0n) is 13.1. The van der Waals surface area contributed by atoms with Crippen LogP contribution in [0.4, 0.5) is 17.6 Å². The van der Waals surface area contributed by atoms with Crippen LogP contribution in [-0.4, -0.2) is 24.2 Å². The first-order valence-electron chi connectivity index (χ1n) is 7.41. The molecule has 0 saturated heterocycles. The summed E-state index contributed by atoms with van der Waals surface area (Å²) in [5, 5.41) is 11.5. The van der Waals surface area contributed by atoms with Crippen molar-refractivity contribution in [2.45, 2.75) is 32.9 Å². The SMILES string of the molecule is CC(C)CC(CCO)CNC(=O)c1ccc(F)cc1C(F)(F)F. The van der Waals surface area contributed by atoms with E-state index in [1.807, 2.05) is 13.8 Å². The van der Waals surface area contributed by atoms with Crippen LogP contribution < -0.4 is 5.32 Å². The van der Waals surface area contributed by atoms with Crippen molar-refractivity contribution >= 4 is 5.91 Å². The maximum absolute atomic E-state index is 13.0. The molecule has 0 fully saturated rings. The number of carbonyl (C=O) groups excluding carboxylic acids is 1. The van der Waals surface area contributed by atoms with E-state index in [2.05, 4.69) is 5.32 Å². The zero-order chi connectivity index (χ0) is 17.6. The molecule has 3 nitrogen and oxygen atoms in total. The number of hydrogen-bond donors (Lipinski definition) is 2. The van der Waals surface area contributed by atoms with Crippen molar-refractivity contribution < 1.29 is 27.5 Å². The van der Waals surface area contributed by atoms with E-state index in [4.69, 9.17) is 5.11 Å². The van der Waals surface area contributed by atoms with Gasteiger partial charge in [-0.2, -0.15) is 13.2 Å². The number of rotatable bonds is 7. The molecule has 0 bridgehead atoms. The Hall–Kier alpha value is -1.63. The quantitative estimate of drug-likeness (QED) is 0.748. The summed E-state index contributed by atoms with van der Waals surface area (Å²) in [6, 6.07) is 1.97. The monoisotopic (exact) mass is 335 g/mol. The van der Waals surface area contributed by atoms with Gasteiger partial charge < -0.3 is 10.4 Å². The minimum Gasteiger partial charge on any atom is -0.396 e. The van der Waals surface area contributed by atoms with Gasteiger partial charge in [-0.1, -0.05) is 13.8 Å². The van der Waals surface area contributed by atoms with Crippen molar-refractivity contribution in [3.05, 3.63) is 35.1 Å². The number of amides is 1. The van der Waals surface area contributed by atoms with Crippen molar-refractivity contribution in [2.24, 2.45) is 11.8 Å². The Morgan fingerprint density at radius 3 is 2.48 bits per heavy atom. The van der Waals surface area contributed by atoms with Gasteiger partial charge in [-0.05, 0) is 42.9 Å². The molecule has 1 rings (SSSR count). The smallest absolute Gasteiger partial charge is 0.396 e. The van der Waals surface area contributed by atoms with Crippen LogP contribution in [-0.2, 0) is 6.18 Å². The van der Waals surface area contributed by atoms with E-state index in [1.165, 1.54) is 0 Å². The Morgan fingerprint density at radius 1 is 1.30 bits per heavy atom. The van der Waals surface area contributed by atoms with E-state index in [-0.39, 0.29) is 19.1 Å². The molecule has 1 aromatic rings. The highest BCUT2D eigenvalue weighted by Gasteiger charge is 2.35. The number of nitrogens with one attached hydrogen (secondary N) is 1. The molecule has 0 aliphatic heterocycles. The van der Waals surface area contributed by atoms with E-state index in [9.17, 15) is 22.4 Å². The molecule has 0 spiro atoms. The Morgan fingerprint density at radius 2 is 1.96 bits per heavy atom. The molecule has 1 aromatic carbocycles. The highest BCUT2D eigenvalue weighted by Crippen LogP contribution is 2.32. The van der Waals surface area contributed by atoms with Gasteiger partial charge in [0.15, 0.2) is 0 Å². The third kappa shape index (κ3) is 6.17. The van der Waals surface area contributed by atoms with Crippen molar-refractivity contribution in [1.82, 2.24) is 5.32 Å². The Labute approximate surface area is 132 Å². The summed E-state index contributed by atoms with van der Waals surface area (Å²) < 4.78 is 51.7. The number of aliphatic hydroxyl groups is 1. The normalized spacial score (nSPS) is 13.2. The molecule has 0 aromatic heterocycles. The molecule has 130 valence electrons. The largest absolute Gasteiger partial charge is 0.417 e. The summed E-state index contributed by atoms with van der Waals surface area (Å²) in [5.41, 5.74) is -1.90. The highest BCUT2D eigenvalue weighted by atomic mass is 19.4. The number of hydrogen-bond acceptors (Lipinski definition) is 2. The molecule has 0 aliphatic carbocycles. The first-order chi connectivity index (χ1) is 10.6. The van der Waals surface area contributed by atoms with Gasteiger partial charge >= 0.3 is 6.18 Å². The summed E-state index contributed by atoms with van der Waals surface area (Å²) in [6.07, 6.45) is -3.62. The molecule has 23 heavy (non-hydrogen) atoms. The van der Waals surface area contributed by atoms with Gasteiger partial charge in [0.2, 0.25) is 0 Å². The van der Waals surface area contributed by atoms with E-state index in [0.29, 0.717) is 18.4 Å². The highest BCUT2D eigenvalue weighted by molar-refractivity contribution is 5.95. The molecule has 2 N–H and O–H groups in total. The maximum Gasteiger partial charge on any atom is 0.417 e. The predicted octanol–water partition coefficient (Wildman–Crippen LogP) is 3.62. The van der Waals surface area contributed by atoms with Crippen LogP contribution in [0, 0.1) is 17.7 Å². The predicted molar refractivity (Wildman–Crippen MR) is 78.4 cm³/mol. The molecular weight excluding hydrogens is 314 g/mol. The van der Waals surface area contributed by atoms with Crippen LogP contribution in [0.5, 0.6) is 0 Å². The lowest BCUT2D eigenvalue weighted by atomic mass is 9.94. The molecule has 7 heteroatoms. The number of carbonyl (C=O) groups is 1. The lowest BCUT2D eigenvalue weighted by Gasteiger charge is -2.19. The second-order valence-corrected chi connectivity index (χ2v) is 5.91. The second kappa shape index (κ2) is 8.29. The number of benzene rings is 1. The van der Waals surface area contributed by atoms with Gasteiger partial charge in [0.25, 0.3) is 5.91 Å². The van der Waals surface area contributed by atoms with Crippen LogP contribution >= 0.6 is 0 Å². The van der Waals surface area contributed by atoms with Crippen molar-refractivity contribution in [1.29, 1.82) is 0 Å². The molecule has 0 aliphatic rings. The van der Waals surface area contributed by atoms with Crippen molar-refractivity contribution in [3.63, 3.8) is 0 Å². The lowest BCUT2D eigenvalue weighted by Crippen LogP contribution is -2.32. The van der Waals surface area contributed by atoms with Crippen molar-refractivity contribution in [2.75, 3.05) is 13.2 Å². The van der Waals surface area contributed by atoms with E-state index < -0.39 is 29.0 Å². The minimum absolute atomic E-state index is 0.0289. The summed E-state index contributed by atoms with van der Waals surface area (Å²) in [5.74, 6) is -1.64. The summed E-state index contributed by atoms with van der Waals surface area (Å²) in [6.45, 7) is 4.06. The topological polar surface area (TPSA) is 49.3 Å². The lowest BCUT2D eigenvalue weighted by molar-refractivity contribution is -0.138. The van der Waals surface area contributed by atoms with Gasteiger partial charge in [0.05, 0.1) is 11.1 Å². The Balaban J connectivity index is 2.85. The molecule has 0 radical (unpaired) electrons. The van der Waals surface area contributed by atoms with Crippen LogP contribution in [0.15, 0.2) is 18.2 Å². The van der Waals surface area contributed by atoms with Gasteiger partial charge in [-0.25, -0.2) is 4.39 Å². The maximum atomic E-state index is 13.0. The molecule has 0 saturated carbocycles. The third-order valence-corrected chi connectivity index (χ3v) is 3.43. The molecule has 1 unspecified atom stereocenters. The number of aliphatic hydroxyl groups excluding tert-OH is 1. The fourth-order valence-electron chi connectivity index (χ4n) is 2.43. The van der Waals surface area contributed by atoms with E-state index >= 15 is 0 Å². The standard InChI is InChI=1S/C16H21F4NO2/c1-10(2)7-11(5-6-22)9-21-15(23)13-4-3-12(17)8-14(13)16(18,19)20/h3-4,8,10-11,22H,5-7,9H2,1-2H3,(H,21,23). The summed E-state index contributed by atoms with van der Waals surface area (Å²) >= 11 is 0. The summed E-state index contributed by atoms with van der Waals surface area (Å²) in [4.78, 5) is 12.0. The van der Waals surface area contributed by atoms with Crippen molar-refractivity contribution in [3.8, 4) is 0 Å². The van der Waals surface area contributed by atoms with Crippen LogP contribution in [0.25, 0.3) is 0 Å². The molecule has 1 amide bonds. The second-order valence-electron chi connectivity index (χ2n) is 5.91. The van der Waals surface area contributed by atoms with Gasteiger partial charge in [0, 0.05) is 13.2 Å². The fourth-order valence-corrected chi connectivity index (χ4v) is 2.43. The summed E-state index contributed by atoms with van der Waals surface area (Å²) in [7, 11) is 0. The van der Waals surface area contributed by atoms with Crippen LogP contribution in [0.3, 0.4) is 0 Å². The van der Waals surface area contributed by atoms with Gasteiger partial charge in [-0.3, -0.25) is 4.79 Å². The first-order valence-corrected chi connectivity index (χ1v) is 7.41. The Bertz CT molecular complexity index is 529. The van der Waals surface area contributed by atoms with E-state index in [1.54, 1.807) is 0 Å². The zero-order valence-corrected chi connectivity index (χ0v) is 13.1. The average molecular weight is 335 g/mol. The van der Waals surface area contributed by atoms with Gasteiger partial charge in [0.1, 0.15) is 5.82 Å². The molecule has 0 heterocycles. The Kier molecular flexibility index (Phi) is 7.00. The molecular formula is C16H21F4NO2. The van der Waals surface area contributed by atoms with E-state index in [0.717, 1.165) is 18.6 Å². The third-order valence-electron chi connectivity index (χ3n) is 3.43.